The summed E-state index contributed by atoms with van der Waals surface area (Å²) >= 11 is 0. The highest BCUT2D eigenvalue weighted by atomic mass is 16.3. The Morgan fingerprint density at radius 2 is 1.81 bits per heavy atom. The summed E-state index contributed by atoms with van der Waals surface area (Å²) in [6.07, 6.45) is 15.5. The lowest BCUT2D eigenvalue weighted by Crippen LogP contribution is -2.05. The number of aromatic hydroxyl groups is 1. The van der Waals surface area contributed by atoms with E-state index in [1.807, 2.05) is 39.0 Å². The van der Waals surface area contributed by atoms with Crippen molar-refractivity contribution in [2.75, 3.05) is 7.11 Å². The summed E-state index contributed by atoms with van der Waals surface area (Å²) in [6, 6.07) is 5.96. The van der Waals surface area contributed by atoms with E-state index in [-0.39, 0.29) is 0 Å². The molecule has 0 aliphatic rings. The maximum Gasteiger partial charge on any atom is 0.118 e. The van der Waals surface area contributed by atoms with E-state index in [0.29, 0.717) is 11.7 Å². The second kappa shape index (κ2) is 19.0. The summed E-state index contributed by atoms with van der Waals surface area (Å²) in [5.74, 6) is 0.993. The molecule has 0 aromatic heterocycles. The number of hydrogen-bond donors (Lipinski definition) is 2. The molecular formula is C25H42O2. The van der Waals surface area contributed by atoms with Gasteiger partial charge in [0.1, 0.15) is 5.75 Å². The van der Waals surface area contributed by atoms with Gasteiger partial charge in [0, 0.05) is 7.11 Å². The Kier molecular flexibility index (Phi) is 19.3. The molecule has 0 aliphatic heterocycles. The summed E-state index contributed by atoms with van der Waals surface area (Å²) in [4.78, 5) is 0. The van der Waals surface area contributed by atoms with Crippen LogP contribution in [0.3, 0.4) is 0 Å². The van der Waals surface area contributed by atoms with Crippen molar-refractivity contribution in [2.45, 2.75) is 73.1 Å². The van der Waals surface area contributed by atoms with Crippen LogP contribution >= 0.6 is 0 Å². The molecule has 0 bridgehead atoms. The molecular weight excluding hydrogens is 332 g/mol. The van der Waals surface area contributed by atoms with E-state index in [0.717, 1.165) is 38.4 Å². The molecule has 0 saturated carbocycles. The number of phenols is 1. The summed E-state index contributed by atoms with van der Waals surface area (Å²) in [5, 5.41) is 16.7. The van der Waals surface area contributed by atoms with E-state index < -0.39 is 0 Å². The van der Waals surface area contributed by atoms with Crippen LogP contribution in [0.1, 0.15) is 70.9 Å². The normalized spacial score (nSPS) is 11.9. The van der Waals surface area contributed by atoms with Gasteiger partial charge < -0.3 is 10.2 Å². The first kappa shape index (κ1) is 27.4. The molecule has 154 valence electrons. The molecule has 0 spiro atoms. The highest BCUT2D eigenvalue weighted by molar-refractivity contribution is 5.35. The van der Waals surface area contributed by atoms with E-state index in [1.54, 1.807) is 0 Å². The van der Waals surface area contributed by atoms with E-state index in [2.05, 4.69) is 44.7 Å². The maximum absolute atomic E-state index is 9.66. The first-order valence-corrected chi connectivity index (χ1v) is 10.3. The molecule has 2 N–H and O–H groups in total. The fourth-order valence-electron chi connectivity index (χ4n) is 2.97. The number of allylic oxidation sites excluding steroid dienone is 5. The topological polar surface area (TPSA) is 40.5 Å². The Morgan fingerprint density at radius 1 is 1.15 bits per heavy atom. The second-order valence-corrected chi connectivity index (χ2v) is 6.22. The fraction of sp³-hybridized carbons (Fsp3) is 0.520. The van der Waals surface area contributed by atoms with Gasteiger partial charge in [-0.25, -0.2) is 0 Å². The zero-order valence-electron chi connectivity index (χ0n) is 18.5. The maximum atomic E-state index is 9.66. The highest BCUT2D eigenvalue weighted by Crippen LogP contribution is 2.26. The molecule has 0 aliphatic carbocycles. The molecule has 0 saturated heterocycles. The van der Waals surface area contributed by atoms with Gasteiger partial charge in [0.2, 0.25) is 0 Å². The van der Waals surface area contributed by atoms with Crippen LogP contribution in [0, 0.1) is 12.8 Å². The molecule has 1 aromatic rings. The van der Waals surface area contributed by atoms with Gasteiger partial charge in [-0.15, -0.1) is 6.58 Å². The van der Waals surface area contributed by atoms with Gasteiger partial charge in [-0.1, -0.05) is 63.6 Å². The number of benzene rings is 1. The zero-order chi connectivity index (χ0) is 21.1. The summed E-state index contributed by atoms with van der Waals surface area (Å²) < 4.78 is 0. The first-order chi connectivity index (χ1) is 13.1. The molecule has 0 heterocycles. The van der Waals surface area contributed by atoms with Crippen LogP contribution < -0.4 is 0 Å². The third kappa shape index (κ3) is 12.3. The standard InChI is InChI=1S/C22H32O.C2H6.CH4O/c1-5-8-9-12-20(10-6-2)21(11-7-3)15-13-19-14-16-22(23)18(4)17-19;2*1-2/h5-6,10,12,14,16-17,21,23H,1,7-9,11,13,15H2,2-4H3;1-2H3;2H,1H3/b10-6-,20-12+;;. The molecule has 2 nitrogen and oxygen atoms in total. The Hall–Kier alpha value is -1.80. The Balaban J connectivity index is 0. The molecule has 1 aromatic carbocycles. The van der Waals surface area contributed by atoms with E-state index >= 15 is 0 Å². The number of aryl methyl sites for hydroxylation is 2. The smallest absolute Gasteiger partial charge is 0.118 e. The van der Waals surface area contributed by atoms with Crippen molar-refractivity contribution in [3.05, 3.63) is 65.8 Å². The zero-order valence-corrected chi connectivity index (χ0v) is 18.5. The lowest BCUT2D eigenvalue weighted by molar-refractivity contribution is 0.399. The molecule has 0 radical (unpaired) electrons. The summed E-state index contributed by atoms with van der Waals surface area (Å²) in [5.41, 5.74) is 3.74. The Morgan fingerprint density at radius 3 is 2.33 bits per heavy atom. The van der Waals surface area contributed by atoms with E-state index in [4.69, 9.17) is 5.11 Å². The minimum atomic E-state index is 0.387. The molecule has 1 unspecified atom stereocenters. The number of hydrogen-bond acceptors (Lipinski definition) is 2. The second-order valence-electron chi connectivity index (χ2n) is 6.22. The molecule has 1 atom stereocenters. The fourth-order valence-corrected chi connectivity index (χ4v) is 2.97. The van der Waals surface area contributed by atoms with E-state index in [1.165, 1.54) is 24.0 Å². The van der Waals surface area contributed by atoms with E-state index in [9.17, 15) is 5.11 Å². The third-order valence-corrected chi connectivity index (χ3v) is 4.26. The molecule has 27 heavy (non-hydrogen) atoms. The van der Waals surface area contributed by atoms with Crippen LogP contribution in [0.5, 0.6) is 5.75 Å². The van der Waals surface area contributed by atoms with Crippen LogP contribution in [-0.2, 0) is 6.42 Å². The minimum absolute atomic E-state index is 0.387. The van der Waals surface area contributed by atoms with Crippen molar-refractivity contribution in [2.24, 2.45) is 5.92 Å². The monoisotopic (exact) mass is 374 g/mol. The quantitative estimate of drug-likeness (QED) is 0.259. The van der Waals surface area contributed by atoms with Gasteiger partial charge in [0.25, 0.3) is 0 Å². The van der Waals surface area contributed by atoms with Crippen LogP contribution in [0.25, 0.3) is 0 Å². The first-order valence-electron chi connectivity index (χ1n) is 10.3. The molecule has 2 heteroatoms. The molecule has 0 amide bonds. The van der Waals surface area contributed by atoms with Crippen LogP contribution in [0.2, 0.25) is 0 Å². The van der Waals surface area contributed by atoms with Crippen molar-refractivity contribution in [3.63, 3.8) is 0 Å². The van der Waals surface area contributed by atoms with Crippen LogP contribution in [0.15, 0.2) is 54.7 Å². The van der Waals surface area contributed by atoms with Gasteiger partial charge in [0.05, 0.1) is 0 Å². The van der Waals surface area contributed by atoms with Crippen molar-refractivity contribution >= 4 is 0 Å². The van der Waals surface area contributed by atoms with Gasteiger partial charge >= 0.3 is 0 Å². The number of aliphatic hydroxyl groups is 1. The van der Waals surface area contributed by atoms with Crippen molar-refractivity contribution in [1.82, 2.24) is 0 Å². The number of phenolic OH excluding ortho intramolecular Hbond substituents is 1. The van der Waals surface area contributed by atoms with Crippen molar-refractivity contribution in [1.29, 1.82) is 0 Å². The van der Waals surface area contributed by atoms with Crippen LogP contribution in [-0.4, -0.2) is 17.3 Å². The van der Waals surface area contributed by atoms with Crippen LogP contribution in [0.4, 0.5) is 0 Å². The average molecular weight is 375 g/mol. The number of unbranched alkanes of at least 4 members (excludes halogenated alkanes) is 1. The lowest BCUT2D eigenvalue weighted by Gasteiger charge is -2.18. The van der Waals surface area contributed by atoms with Gasteiger partial charge in [-0.2, -0.15) is 0 Å². The molecule has 1 rings (SSSR count). The van der Waals surface area contributed by atoms with Gasteiger partial charge in [-0.05, 0) is 74.6 Å². The van der Waals surface area contributed by atoms with Gasteiger partial charge in [-0.3, -0.25) is 0 Å². The average Bonchev–Trinajstić information content (AvgIpc) is 2.70. The van der Waals surface area contributed by atoms with Crippen molar-refractivity contribution in [3.8, 4) is 5.75 Å². The highest BCUT2D eigenvalue weighted by Gasteiger charge is 2.12. The molecule has 0 fully saturated rings. The SMILES string of the molecule is C=CCC/C=C(\C=C/C)C(CCC)CCc1ccc(O)c(C)c1.CC.CO. The number of aliphatic hydroxyl groups excluding tert-OH is 1. The third-order valence-electron chi connectivity index (χ3n) is 4.26. The Labute approximate surface area is 168 Å². The predicted molar refractivity (Wildman–Crippen MR) is 121 cm³/mol. The summed E-state index contributed by atoms with van der Waals surface area (Å²) in [6.45, 7) is 14.1. The minimum Gasteiger partial charge on any atom is -0.508 e. The summed E-state index contributed by atoms with van der Waals surface area (Å²) in [7, 11) is 1.00. The van der Waals surface area contributed by atoms with Gasteiger partial charge in [0.15, 0.2) is 0 Å². The number of rotatable bonds is 10. The lowest BCUT2D eigenvalue weighted by atomic mass is 9.87. The Bertz CT molecular complexity index is 541. The van der Waals surface area contributed by atoms with Crippen molar-refractivity contribution < 1.29 is 10.2 Å². The largest absolute Gasteiger partial charge is 0.508 e. The predicted octanol–water partition coefficient (Wildman–Crippen LogP) is 7.15.